The highest BCUT2D eigenvalue weighted by Crippen LogP contribution is 2.16. The number of nitrogens with one attached hydrogen (secondary N) is 1. The maximum Gasteiger partial charge on any atom is 0.213 e. The second kappa shape index (κ2) is 7.46. The van der Waals surface area contributed by atoms with Crippen LogP contribution < -0.4 is 10.1 Å². The van der Waals surface area contributed by atoms with E-state index in [0.29, 0.717) is 12.5 Å². The van der Waals surface area contributed by atoms with Crippen molar-refractivity contribution in [1.29, 1.82) is 0 Å². The van der Waals surface area contributed by atoms with E-state index in [0.717, 1.165) is 44.7 Å². The maximum atomic E-state index is 5.75. The quantitative estimate of drug-likeness (QED) is 0.768. The Morgan fingerprint density at radius 2 is 2.37 bits per heavy atom. The molecule has 106 valence electrons. The standard InChI is InChI=1S/C15H24N2O2/c1-3-6-16-10-13-8-12(2)17-15(9-13)19-11-14-5-4-7-18-14/h8-9,14,16H,3-7,10-11H2,1-2H3. The second-order valence-corrected chi connectivity index (χ2v) is 5.08. The third-order valence-corrected chi connectivity index (χ3v) is 3.19. The van der Waals surface area contributed by atoms with E-state index in [9.17, 15) is 0 Å². The number of aromatic nitrogens is 1. The Morgan fingerprint density at radius 3 is 3.11 bits per heavy atom. The minimum absolute atomic E-state index is 0.240. The first-order chi connectivity index (χ1) is 9.28. The molecule has 0 radical (unpaired) electrons. The minimum Gasteiger partial charge on any atom is -0.475 e. The molecule has 1 atom stereocenters. The van der Waals surface area contributed by atoms with Crippen molar-refractivity contribution in [2.24, 2.45) is 0 Å². The largest absolute Gasteiger partial charge is 0.475 e. The van der Waals surface area contributed by atoms with Crippen LogP contribution in [0, 0.1) is 6.92 Å². The Balaban J connectivity index is 1.87. The van der Waals surface area contributed by atoms with Crippen molar-refractivity contribution in [3.63, 3.8) is 0 Å². The van der Waals surface area contributed by atoms with Crippen molar-refractivity contribution in [3.05, 3.63) is 23.4 Å². The fourth-order valence-electron chi connectivity index (χ4n) is 2.25. The molecule has 0 amide bonds. The van der Waals surface area contributed by atoms with Gasteiger partial charge in [-0.2, -0.15) is 0 Å². The zero-order valence-electron chi connectivity index (χ0n) is 11.9. The van der Waals surface area contributed by atoms with Gasteiger partial charge in [-0.1, -0.05) is 6.92 Å². The monoisotopic (exact) mass is 264 g/mol. The summed E-state index contributed by atoms with van der Waals surface area (Å²) in [7, 11) is 0. The lowest BCUT2D eigenvalue weighted by Gasteiger charge is -2.12. The summed E-state index contributed by atoms with van der Waals surface area (Å²) in [4.78, 5) is 4.42. The van der Waals surface area contributed by atoms with Gasteiger partial charge in [0.1, 0.15) is 6.61 Å². The summed E-state index contributed by atoms with van der Waals surface area (Å²) in [5.41, 5.74) is 2.22. The molecule has 2 rings (SSSR count). The molecule has 0 spiro atoms. The van der Waals surface area contributed by atoms with Crippen molar-refractivity contribution in [2.45, 2.75) is 45.8 Å². The van der Waals surface area contributed by atoms with Gasteiger partial charge < -0.3 is 14.8 Å². The highest BCUT2D eigenvalue weighted by Gasteiger charge is 2.16. The summed E-state index contributed by atoms with van der Waals surface area (Å²) in [6, 6.07) is 4.12. The molecule has 0 aromatic carbocycles. The van der Waals surface area contributed by atoms with Crippen LogP contribution in [0.25, 0.3) is 0 Å². The van der Waals surface area contributed by atoms with Gasteiger partial charge in [-0.05, 0) is 44.4 Å². The molecule has 1 aromatic rings. The first-order valence-corrected chi connectivity index (χ1v) is 7.20. The predicted octanol–water partition coefficient (Wildman–Crippen LogP) is 2.45. The van der Waals surface area contributed by atoms with E-state index in [1.165, 1.54) is 5.56 Å². The Hall–Kier alpha value is -1.13. The van der Waals surface area contributed by atoms with Crippen molar-refractivity contribution >= 4 is 0 Å². The lowest BCUT2D eigenvalue weighted by molar-refractivity contribution is 0.0662. The third-order valence-electron chi connectivity index (χ3n) is 3.19. The lowest BCUT2D eigenvalue weighted by Crippen LogP contribution is -2.17. The normalized spacial score (nSPS) is 18.7. The summed E-state index contributed by atoms with van der Waals surface area (Å²) in [6.45, 7) is 7.55. The van der Waals surface area contributed by atoms with Gasteiger partial charge in [-0.3, -0.25) is 0 Å². The van der Waals surface area contributed by atoms with Crippen LogP contribution in [0.3, 0.4) is 0 Å². The fraction of sp³-hybridized carbons (Fsp3) is 0.667. The van der Waals surface area contributed by atoms with Crippen LogP contribution in [0.15, 0.2) is 12.1 Å². The van der Waals surface area contributed by atoms with E-state index in [4.69, 9.17) is 9.47 Å². The molecule has 1 aliphatic rings. The smallest absolute Gasteiger partial charge is 0.213 e. The van der Waals surface area contributed by atoms with Crippen LogP contribution in [0.4, 0.5) is 0 Å². The van der Waals surface area contributed by atoms with Gasteiger partial charge in [0.2, 0.25) is 5.88 Å². The summed E-state index contributed by atoms with van der Waals surface area (Å²) in [5.74, 6) is 0.712. The molecule has 1 fully saturated rings. The highest BCUT2D eigenvalue weighted by molar-refractivity contribution is 5.24. The summed E-state index contributed by atoms with van der Waals surface area (Å²) in [5, 5.41) is 3.39. The molecule has 19 heavy (non-hydrogen) atoms. The number of ether oxygens (including phenoxy) is 2. The first-order valence-electron chi connectivity index (χ1n) is 7.20. The van der Waals surface area contributed by atoms with Crippen LogP contribution in [0.1, 0.15) is 37.4 Å². The van der Waals surface area contributed by atoms with E-state index in [2.05, 4.69) is 23.3 Å². The first kappa shape index (κ1) is 14.3. The van der Waals surface area contributed by atoms with Gasteiger partial charge in [0.15, 0.2) is 0 Å². The van der Waals surface area contributed by atoms with Gasteiger partial charge in [0.05, 0.1) is 6.10 Å². The molecule has 1 unspecified atom stereocenters. The van der Waals surface area contributed by atoms with E-state index < -0.39 is 0 Å². The number of hydrogen-bond acceptors (Lipinski definition) is 4. The molecule has 4 heteroatoms. The topological polar surface area (TPSA) is 43.4 Å². The van der Waals surface area contributed by atoms with E-state index in [1.54, 1.807) is 0 Å². The number of rotatable bonds is 7. The van der Waals surface area contributed by atoms with E-state index in [-0.39, 0.29) is 6.10 Å². The predicted molar refractivity (Wildman–Crippen MR) is 75.4 cm³/mol. The van der Waals surface area contributed by atoms with Gasteiger partial charge in [0.25, 0.3) is 0 Å². The van der Waals surface area contributed by atoms with Gasteiger partial charge >= 0.3 is 0 Å². The van der Waals surface area contributed by atoms with Gasteiger partial charge in [0, 0.05) is 24.9 Å². The van der Waals surface area contributed by atoms with Crippen LogP contribution in [-0.4, -0.2) is 30.8 Å². The van der Waals surface area contributed by atoms with Crippen LogP contribution in [0.5, 0.6) is 5.88 Å². The fourth-order valence-corrected chi connectivity index (χ4v) is 2.25. The molecular weight excluding hydrogens is 240 g/mol. The van der Waals surface area contributed by atoms with Crippen LogP contribution >= 0.6 is 0 Å². The van der Waals surface area contributed by atoms with Crippen molar-refractivity contribution in [1.82, 2.24) is 10.3 Å². The molecule has 0 bridgehead atoms. The number of hydrogen-bond donors (Lipinski definition) is 1. The Kier molecular flexibility index (Phi) is 5.61. The van der Waals surface area contributed by atoms with E-state index in [1.807, 2.05) is 13.0 Å². The average molecular weight is 264 g/mol. The van der Waals surface area contributed by atoms with Crippen molar-refractivity contribution in [2.75, 3.05) is 19.8 Å². The second-order valence-electron chi connectivity index (χ2n) is 5.08. The molecule has 2 heterocycles. The SMILES string of the molecule is CCCNCc1cc(C)nc(OCC2CCCO2)c1. The Bertz CT molecular complexity index is 390. The molecule has 0 saturated carbocycles. The number of nitrogens with zero attached hydrogens (tertiary/aromatic N) is 1. The summed E-state index contributed by atoms with van der Waals surface area (Å²) >= 11 is 0. The minimum atomic E-state index is 0.240. The lowest BCUT2D eigenvalue weighted by atomic mass is 10.2. The molecule has 4 nitrogen and oxygen atoms in total. The molecule has 1 aromatic heterocycles. The summed E-state index contributed by atoms with van der Waals surface area (Å²) < 4.78 is 11.3. The van der Waals surface area contributed by atoms with Gasteiger partial charge in [-0.25, -0.2) is 4.98 Å². The van der Waals surface area contributed by atoms with Gasteiger partial charge in [-0.15, -0.1) is 0 Å². The van der Waals surface area contributed by atoms with Crippen molar-refractivity contribution in [3.8, 4) is 5.88 Å². The van der Waals surface area contributed by atoms with Crippen LogP contribution in [0.2, 0.25) is 0 Å². The molecule has 0 aliphatic carbocycles. The Labute approximate surface area is 115 Å². The zero-order chi connectivity index (χ0) is 13.5. The van der Waals surface area contributed by atoms with E-state index >= 15 is 0 Å². The molecule has 1 saturated heterocycles. The highest BCUT2D eigenvalue weighted by atomic mass is 16.5. The van der Waals surface area contributed by atoms with Crippen molar-refractivity contribution < 1.29 is 9.47 Å². The maximum absolute atomic E-state index is 5.75. The van der Waals surface area contributed by atoms with Crippen LogP contribution in [-0.2, 0) is 11.3 Å². The molecular formula is C15H24N2O2. The summed E-state index contributed by atoms with van der Waals surface area (Å²) in [6.07, 6.45) is 3.62. The third kappa shape index (κ3) is 4.80. The Morgan fingerprint density at radius 1 is 1.47 bits per heavy atom. The zero-order valence-corrected chi connectivity index (χ0v) is 11.9. The molecule has 1 aliphatic heterocycles. The number of aryl methyl sites for hydroxylation is 1. The molecule has 1 N–H and O–H groups in total. The average Bonchev–Trinajstić information content (AvgIpc) is 2.89. The number of pyridine rings is 1.